The topological polar surface area (TPSA) is 4.93 Å². The fourth-order valence-electron chi connectivity index (χ4n) is 3.70. The lowest BCUT2D eigenvalue weighted by Crippen LogP contribution is -1.93. The maximum Gasteiger partial charge on any atom is 0.0557 e. The number of para-hydroxylation sites is 2. The lowest BCUT2D eigenvalue weighted by atomic mass is 10.0. The van der Waals surface area contributed by atoms with E-state index in [-0.39, 0.29) is 0 Å². The zero-order valence-corrected chi connectivity index (χ0v) is 16.2. The minimum absolute atomic E-state index is 1.19. The summed E-state index contributed by atoms with van der Waals surface area (Å²) in [5.41, 5.74) is 6.19. The van der Waals surface area contributed by atoms with Crippen molar-refractivity contribution in [3.63, 3.8) is 0 Å². The summed E-state index contributed by atoms with van der Waals surface area (Å²) in [5, 5.41) is 2.63. The fourth-order valence-corrected chi connectivity index (χ4v) is 4.60. The molecule has 1 aromatic heterocycles. The van der Waals surface area contributed by atoms with Crippen LogP contribution in [0.4, 0.5) is 0 Å². The molecule has 124 valence electrons. The highest BCUT2D eigenvalue weighted by molar-refractivity contribution is 14.1. The summed E-state index contributed by atoms with van der Waals surface area (Å²) in [5.74, 6) is 0. The number of benzene rings is 4. The monoisotopic (exact) mass is 445 g/mol. The summed E-state index contributed by atoms with van der Waals surface area (Å²) in [4.78, 5) is 0. The van der Waals surface area contributed by atoms with Gasteiger partial charge in [-0.15, -0.1) is 0 Å². The lowest BCUT2D eigenvalue weighted by Gasteiger charge is -2.09. The van der Waals surface area contributed by atoms with Crippen LogP contribution in [0.15, 0.2) is 97.1 Å². The second-order valence-corrected chi connectivity index (χ2v) is 7.57. The molecule has 1 nitrogen and oxygen atoms in total. The third-order valence-corrected chi connectivity index (χ3v) is 5.70. The summed E-state index contributed by atoms with van der Waals surface area (Å²) in [6, 6.07) is 34.5. The van der Waals surface area contributed by atoms with Crippen LogP contribution in [0.2, 0.25) is 0 Å². The molecule has 0 unspecified atom stereocenters. The van der Waals surface area contributed by atoms with Crippen LogP contribution in [0, 0.1) is 3.57 Å². The number of hydrogen-bond donors (Lipinski definition) is 0. The Hall–Kier alpha value is -2.59. The van der Waals surface area contributed by atoms with Gasteiger partial charge in [0.2, 0.25) is 0 Å². The van der Waals surface area contributed by atoms with Crippen molar-refractivity contribution < 1.29 is 0 Å². The highest BCUT2D eigenvalue weighted by atomic mass is 127. The first-order chi connectivity index (χ1) is 12.8. The van der Waals surface area contributed by atoms with Gasteiger partial charge in [0, 0.05) is 20.0 Å². The van der Waals surface area contributed by atoms with Crippen molar-refractivity contribution in [2.45, 2.75) is 0 Å². The quantitative estimate of drug-likeness (QED) is 0.257. The van der Waals surface area contributed by atoms with Crippen molar-refractivity contribution in [1.29, 1.82) is 0 Å². The van der Waals surface area contributed by atoms with E-state index in [0.29, 0.717) is 0 Å². The van der Waals surface area contributed by atoms with E-state index in [1.165, 1.54) is 42.2 Å². The summed E-state index contributed by atoms with van der Waals surface area (Å²) < 4.78 is 3.66. The van der Waals surface area contributed by atoms with Crippen molar-refractivity contribution in [3.8, 4) is 16.8 Å². The molecular formula is C24H16IN. The molecule has 1 heterocycles. The Morgan fingerprint density at radius 2 is 1.23 bits per heavy atom. The van der Waals surface area contributed by atoms with Crippen LogP contribution < -0.4 is 0 Å². The van der Waals surface area contributed by atoms with E-state index in [4.69, 9.17) is 0 Å². The first-order valence-electron chi connectivity index (χ1n) is 8.66. The largest absolute Gasteiger partial charge is 0.309 e. The first-order valence-corrected chi connectivity index (χ1v) is 9.74. The highest BCUT2D eigenvalue weighted by Crippen LogP contribution is 2.37. The maximum absolute atomic E-state index is 2.48. The van der Waals surface area contributed by atoms with Gasteiger partial charge in [0.15, 0.2) is 0 Å². The number of nitrogens with zero attached hydrogens (tertiary/aromatic N) is 1. The predicted molar refractivity (Wildman–Crippen MR) is 119 cm³/mol. The molecule has 5 aromatic rings. The second kappa shape index (κ2) is 6.29. The van der Waals surface area contributed by atoms with Crippen LogP contribution in [0.25, 0.3) is 38.6 Å². The van der Waals surface area contributed by atoms with Crippen molar-refractivity contribution >= 4 is 44.4 Å². The van der Waals surface area contributed by atoms with Gasteiger partial charge in [-0.05, 0) is 64.0 Å². The lowest BCUT2D eigenvalue weighted by molar-refractivity contribution is 1.18. The highest BCUT2D eigenvalue weighted by Gasteiger charge is 2.15. The van der Waals surface area contributed by atoms with Crippen LogP contribution in [-0.4, -0.2) is 4.57 Å². The smallest absolute Gasteiger partial charge is 0.0557 e. The molecule has 2 heteroatoms. The number of aromatic nitrogens is 1. The molecule has 0 fully saturated rings. The van der Waals surface area contributed by atoms with Crippen LogP contribution in [0.3, 0.4) is 0 Å². The molecule has 0 spiro atoms. The van der Waals surface area contributed by atoms with Gasteiger partial charge in [-0.1, -0.05) is 66.7 Å². The van der Waals surface area contributed by atoms with E-state index in [1.54, 1.807) is 0 Å². The van der Waals surface area contributed by atoms with Gasteiger partial charge >= 0.3 is 0 Å². The molecule has 0 radical (unpaired) electrons. The van der Waals surface area contributed by atoms with E-state index in [2.05, 4.69) is 124 Å². The normalized spacial score (nSPS) is 11.3. The van der Waals surface area contributed by atoms with E-state index >= 15 is 0 Å². The van der Waals surface area contributed by atoms with Crippen molar-refractivity contribution in [1.82, 2.24) is 4.57 Å². The third kappa shape index (κ3) is 2.44. The third-order valence-electron chi connectivity index (χ3n) is 4.85. The Balaban J connectivity index is 1.93. The molecule has 26 heavy (non-hydrogen) atoms. The minimum Gasteiger partial charge on any atom is -0.309 e. The van der Waals surface area contributed by atoms with Crippen LogP contribution >= 0.6 is 22.6 Å². The number of hydrogen-bond acceptors (Lipinski definition) is 0. The minimum atomic E-state index is 1.19. The summed E-state index contributed by atoms with van der Waals surface area (Å²) in [7, 11) is 0. The standard InChI is InChI=1S/C24H16IN/c25-21-15-18(17-9-3-1-4-10-17)16-23-24(21)20-13-7-8-14-22(20)26(23)19-11-5-2-6-12-19/h1-16H. The second-order valence-electron chi connectivity index (χ2n) is 6.41. The van der Waals surface area contributed by atoms with Crippen LogP contribution in [0.1, 0.15) is 0 Å². The Kier molecular flexibility index (Phi) is 3.79. The molecule has 0 bridgehead atoms. The van der Waals surface area contributed by atoms with Gasteiger partial charge in [0.25, 0.3) is 0 Å². The van der Waals surface area contributed by atoms with E-state index in [1.807, 2.05) is 0 Å². The Morgan fingerprint density at radius 1 is 0.577 bits per heavy atom. The van der Waals surface area contributed by atoms with Crippen molar-refractivity contribution in [3.05, 3.63) is 101 Å². The SMILES string of the molecule is Ic1cc(-c2ccccc2)cc2c1c1ccccc1n2-c1ccccc1. The van der Waals surface area contributed by atoms with Gasteiger partial charge < -0.3 is 4.57 Å². The zero-order chi connectivity index (χ0) is 17.5. The van der Waals surface area contributed by atoms with Gasteiger partial charge in [-0.3, -0.25) is 0 Å². The van der Waals surface area contributed by atoms with E-state index in [9.17, 15) is 0 Å². The molecule has 0 atom stereocenters. The molecule has 0 aliphatic rings. The maximum atomic E-state index is 2.48. The van der Waals surface area contributed by atoms with Gasteiger partial charge in [-0.2, -0.15) is 0 Å². The van der Waals surface area contributed by atoms with E-state index in [0.717, 1.165) is 0 Å². The van der Waals surface area contributed by atoms with Crippen molar-refractivity contribution in [2.24, 2.45) is 0 Å². The number of rotatable bonds is 2. The van der Waals surface area contributed by atoms with Crippen LogP contribution in [0.5, 0.6) is 0 Å². The zero-order valence-electron chi connectivity index (χ0n) is 14.1. The molecular weight excluding hydrogens is 429 g/mol. The molecule has 0 N–H and O–H groups in total. The molecule has 5 rings (SSSR count). The van der Waals surface area contributed by atoms with Gasteiger partial charge in [0.1, 0.15) is 0 Å². The van der Waals surface area contributed by atoms with Crippen molar-refractivity contribution in [2.75, 3.05) is 0 Å². The average Bonchev–Trinajstić information content (AvgIpc) is 3.04. The first kappa shape index (κ1) is 15.6. The molecule has 0 aliphatic heterocycles. The fraction of sp³-hybridized carbons (Fsp3) is 0. The molecule has 0 saturated carbocycles. The average molecular weight is 445 g/mol. The number of halogens is 1. The number of fused-ring (bicyclic) bond motifs is 3. The Labute approximate surface area is 166 Å². The summed E-state index contributed by atoms with van der Waals surface area (Å²) in [6.45, 7) is 0. The Morgan fingerprint density at radius 3 is 2.00 bits per heavy atom. The van der Waals surface area contributed by atoms with Gasteiger partial charge in [0.05, 0.1) is 11.0 Å². The summed E-state index contributed by atoms with van der Waals surface area (Å²) >= 11 is 2.48. The summed E-state index contributed by atoms with van der Waals surface area (Å²) in [6.07, 6.45) is 0. The van der Waals surface area contributed by atoms with Crippen LogP contribution in [-0.2, 0) is 0 Å². The van der Waals surface area contributed by atoms with E-state index < -0.39 is 0 Å². The molecule has 0 amide bonds. The Bertz CT molecular complexity index is 1220. The van der Waals surface area contributed by atoms with Gasteiger partial charge in [-0.25, -0.2) is 0 Å². The molecule has 4 aromatic carbocycles. The predicted octanol–water partition coefficient (Wildman–Crippen LogP) is 7.06. The molecule has 0 aliphatic carbocycles. The molecule has 0 saturated heterocycles.